The van der Waals surface area contributed by atoms with Crippen LogP contribution < -0.4 is 5.73 Å². The molecule has 0 bridgehead atoms. The Balaban J connectivity index is 0.00000196. The molecular weight excluding hydrogens is 256 g/mol. The molecule has 5 heteroatoms. The highest BCUT2D eigenvalue weighted by molar-refractivity contribution is 6.37. The van der Waals surface area contributed by atoms with Gasteiger partial charge in [-0.1, -0.05) is 30.1 Å². The Morgan fingerprint density at radius 3 is 2.13 bits per heavy atom. The quantitative estimate of drug-likeness (QED) is 0.864. The standard InChI is InChI=1S/C10H13Cl2NO.ClH/c1-3-6-8(11)5(2)7(4-13)10(14)9(6)12;/h14H,3-4,13H2,1-2H3;1H. The molecule has 2 nitrogen and oxygen atoms in total. The largest absolute Gasteiger partial charge is 0.506 e. The predicted octanol–water partition coefficient (Wildman–Crippen LogP) is 3.45. The molecule has 0 aliphatic carbocycles. The van der Waals surface area contributed by atoms with Gasteiger partial charge in [0.15, 0.2) is 0 Å². The molecule has 15 heavy (non-hydrogen) atoms. The first-order valence-corrected chi connectivity index (χ1v) is 5.18. The Hall–Kier alpha value is -0.150. The molecular formula is C10H14Cl3NO. The lowest BCUT2D eigenvalue weighted by molar-refractivity contribution is 0.467. The molecule has 0 saturated carbocycles. The molecule has 0 amide bonds. The van der Waals surface area contributed by atoms with Crippen LogP contribution in [-0.4, -0.2) is 5.11 Å². The van der Waals surface area contributed by atoms with Gasteiger partial charge in [-0.15, -0.1) is 12.4 Å². The summed E-state index contributed by atoms with van der Waals surface area (Å²) >= 11 is 12.1. The van der Waals surface area contributed by atoms with Crippen molar-refractivity contribution < 1.29 is 5.11 Å². The highest BCUT2D eigenvalue weighted by Gasteiger charge is 2.17. The number of aromatic hydroxyl groups is 1. The summed E-state index contributed by atoms with van der Waals surface area (Å²) < 4.78 is 0. The highest BCUT2D eigenvalue weighted by Crippen LogP contribution is 2.39. The van der Waals surface area contributed by atoms with Gasteiger partial charge in [-0.05, 0) is 24.5 Å². The number of hydrogen-bond donors (Lipinski definition) is 2. The monoisotopic (exact) mass is 269 g/mol. The van der Waals surface area contributed by atoms with E-state index in [-0.39, 0.29) is 24.7 Å². The molecule has 0 aliphatic heterocycles. The predicted molar refractivity (Wildman–Crippen MR) is 67.4 cm³/mol. The lowest BCUT2D eigenvalue weighted by Gasteiger charge is -2.14. The Labute approximate surface area is 106 Å². The van der Waals surface area contributed by atoms with Crippen molar-refractivity contribution in [3.8, 4) is 5.75 Å². The Morgan fingerprint density at radius 1 is 1.20 bits per heavy atom. The summed E-state index contributed by atoms with van der Waals surface area (Å²) in [4.78, 5) is 0. The maximum absolute atomic E-state index is 9.74. The van der Waals surface area contributed by atoms with E-state index in [0.717, 1.165) is 11.1 Å². The minimum atomic E-state index is 0. The minimum absolute atomic E-state index is 0. The third kappa shape index (κ3) is 2.51. The first-order valence-electron chi connectivity index (χ1n) is 4.42. The van der Waals surface area contributed by atoms with Crippen LogP contribution in [0.25, 0.3) is 0 Å². The second-order valence-corrected chi connectivity index (χ2v) is 3.87. The number of phenols is 1. The molecule has 0 heterocycles. The highest BCUT2D eigenvalue weighted by atomic mass is 35.5. The van der Waals surface area contributed by atoms with Crippen molar-refractivity contribution in [3.63, 3.8) is 0 Å². The summed E-state index contributed by atoms with van der Waals surface area (Å²) in [6.45, 7) is 4.01. The van der Waals surface area contributed by atoms with E-state index in [2.05, 4.69) is 0 Å². The van der Waals surface area contributed by atoms with Gasteiger partial charge in [-0.25, -0.2) is 0 Å². The van der Waals surface area contributed by atoms with Gasteiger partial charge in [-0.3, -0.25) is 0 Å². The summed E-state index contributed by atoms with van der Waals surface area (Å²) in [5.41, 5.74) is 7.72. The fourth-order valence-electron chi connectivity index (χ4n) is 1.47. The molecule has 0 unspecified atom stereocenters. The molecule has 3 N–H and O–H groups in total. The van der Waals surface area contributed by atoms with Gasteiger partial charge in [0.1, 0.15) is 5.75 Å². The Bertz CT molecular complexity index is 302. The third-order valence-electron chi connectivity index (χ3n) is 2.36. The van der Waals surface area contributed by atoms with Gasteiger partial charge in [0.05, 0.1) is 5.02 Å². The number of halogens is 3. The Morgan fingerprint density at radius 2 is 1.73 bits per heavy atom. The zero-order valence-corrected chi connectivity index (χ0v) is 10.9. The third-order valence-corrected chi connectivity index (χ3v) is 3.28. The van der Waals surface area contributed by atoms with Crippen molar-refractivity contribution >= 4 is 35.6 Å². The molecule has 0 aromatic heterocycles. The van der Waals surface area contributed by atoms with Crippen LogP contribution in [0.1, 0.15) is 23.6 Å². The first kappa shape index (κ1) is 14.8. The van der Waals surface area contributed by atoms with Crippen LogP contribution in [0.4, 0.5) is 0 Å². The van der Waals surface area contributed by atoms with E-state index < -0.39 is 0 Å². The second-order valence-electron chi connectivity index (χ2n) is 3.12. The minimum Gasteiger partial charge on any atom is -0.506 e. The van der Waals surface area contributed by atoms with Gasteiger partial charge in [0.25, 0.3) is 0 Å². The van der Waals surface area contributed by atoms with E-state index in [0.29, 0.717) is 22.0 Å². The average molecular weight is 271 g/mol. The van der Waals surface area contributed by atoms with E-state index >= 15 is 0 Å². The smallest absolute Gasteiger partial charge is 0.139 e. The lowest BCUT2D eigenvalue weighted by Crippen LogP contribution is -2.02. The van der Waals surface area contributed by atoms with Crippen LogP contribution in [0.15, 0.2) is 0 Å². The van der Waals surface area contributed by atoms with E-state index in [9.17, 15) is 5.11 Å². The average Bonchev–Trinajstić information content (AvgIpc) is 2.17. The molecule has 0 aliphatic rings. The van der Waals surface area contributed by atoms with Crippen LogP contribution in [0, 0.1) is 6.92 Å². The van der Waals surface area contributed by atoms with Gasteiger partial charge >= 0.3 is 0 Å². The van der Waals surface area contributed by atoms with Gasteiger partial charge < -0.3 is 10.8 Å². The number of hydrogen-bond acceptors (Lipinski definition) is 2. The van der Waals surface area contributed by atoms with Crippen LogP contribution in [0.3, 0.4) is 0 Å². The van der Waals surface area contributed by atoms with Crippen molar-refractivity contribution in [1.82, 2.24) is 0 Å². The number of phenolic OH excluding ortho intramolecular Hbond substituents is 1. The van der Waals surface area contributed by atoms with Crippen LogP contribution in [-0.2, 0) is 13.0 Å². The van der Waals surface area contributed by atoms with Gasteiger partial charge in [0.2, 0.25) is 0 Å². The summed E-state index contributed by atoms with van der Waals surface area (Å²) in [5.74, 6) is 0.0629. The van der Waals surface area contributed by atoms with Crippen molar-refractivity contribution in [2.45, 2.75) is 26.8 Å². The van der Waals surface area contributed by atoms with E-state index in [1.54, 1.807) is 0 Å². The molecule has 0 spiro atoms. The molecule has 0 atom stereocenters. The maximum Gasteiger partial charge on any atom is 0.139 e. The molecule has 0 saturated heterocycles. The molecule has 1 aromatic rings. The van der Waals surface area contributed by atoms with E-state index in [1.807, 2.05) is 13.8 Å². The summed E-state index contributed by atoms with van der Waals surface area (Å²) in [6.07, 6.45) is 0.691. The SMILES string of the molecule is CCc1c(Cl)c(C)c(CN)c(O)c1Cl.Cl. The van der Waals surface area contributed by atoms with Gasteiger partial charge in [-0.2, -0.15) is 0 Å². The zero-order valence-electron chi connectivity index (χ0n) is 8.60. The first-order chi connectivity index (χ1) is 6.54. The fourth-order valence-corrected chi connectivity index (χ4v) is 2.20. The topological polar surface area (TPSA) is 46.2 Å². The summed E-state index contributed by atoms with van der Waals surface area (Å²) in [6, 6.07) is 0. The maximum atomic E-state index is 9.74. The van der Waals surface area contributed by atoms with Crippen molar-refractivity contribution in [2.24, 2.45) is 5.73 Å². The van der Waals surface area contributed by atoms with Crippen molar-refractivity contribution in [1.29, 1.82) is 0 Å². The zero-order chi connectivity index (χ0) is 10.9. The second kappa shape index (κ2) is 5.80. The van der Waals surface area contributed by atoms with Gasteiger partial charge in [0, 0.05) is 17.1 Å². The van der Waals surface area contributed by atoms with E-state index in [4.69, 9.17) is 28.9 Å². The lowest BCUT2D eigenvalue weighted by atomic mass is 10.0. The number of benzene rings is 1. The molecule has 0 fully saturated rings. The fraction of sp³-hybridized carbons (Fsp3) is 0.400. The van der Waals surface area contributed by atoms with Crippen LogP contribution >= 0.6 is 35.6 Å². The summed E-state index contributed by atoms with van der Waals surface area (Å²) in [5, 5.41) is 10.7. The Kier molecular flexibility index (Phi) is 5.75. The molecule has 86 valence electrons. The summed E-state index contributed by atoms with van der Waals surface area (Å²) in [7, 11) is 0. The molecule has 0 radical (unpaired) electrons. The van der Waals surface area contributed by atoms with E-state index in [1.165, 1.54) is 0 Å². The van der Waals surface area contributed by atoms with Crippen LogP contribution in [0.5, 0.6) is 5.75 Å². The van der Waals surface area contributed by atoms with Crippen LogP contribution in [0.2, 0.25) is 10.0 Å². The number of rotatable bonds is 2. The molecule has 1 aromatic carbocycles. The normalized spacial score (nSPS) is 9.93. The van der Waals surface area contributed by atoms with Crippen molar-refractivity contribution in [3.05, 3.63) is 26.7 Å². The van der Waals surface area contributed by atoms with Crippen molar-refractivity contribution in [2.75, 3.05) is 0 Å². The number of nitrogens with two attached hydrogens (primary N) is 1. The molecule has 1 rings (SSSR count).